The Morgan fingerprint density at radius 3 is 1.62 bits per heavy atom. The number of para-hydroxylation sites is 2. The molecule has 0 amide bonds. The molecule has 40 heavy (non-hydrogen) atoms. The van der Waals surface area contributed by atoms with Crippen LogP contribution >= 0.6 is 0 Å². The normalized spacial score (nSPS) is 11.5. The summed E-state index contributed by atoms with van der Waals surface area (Å²) in [6.07, 6.45) is 0. The summed E-state index contributed by atoms with van der Waals surface area (Å²) in [6.45, 7) is 0. The van der Waals surface area contributed by atoms with Crippen LogP contribution in [-0.2, 0) is 0 Å². The van der Waals surface area contributed by atoms with Gasteiger partial charge >= 0.3 is 0 Å². The zero-order valence-corrected chi connectivity index (χ0v) is 21.4. The first-order chi connectivity index (χ1) is 19.8. The van der Waals surface area contributed by atoms with E-state index in [1.54, 1.807) is 0 Å². The lowest BCUT2D eigenvalue weighted by Gasteiger charge is -2.15. The van der Waals surface area contributed by atoms with E-state index in [-0.39, 0.29) is 0 Å². The summed E-state index contributed by atoms with van der Waals surface area (Å²) in [5.74, 6) is 0. The summed E-state index contributed by atoms with van der Waals surface area (Å²) in [4.78, 5) is 0. The van der Waals surface area contributed by atoms with Gasteiger partial charge in [-0.15, -0.1) is 0 Å². The number of nitriles is 1. The molecule has 0 saturated carbocycles. The van der Waals surface area contributed by atoms with Gasteiger partial charge in [0.15, 0.2) is 0 Å². The number of furan rings is 2. The molecule has 6 aromatic carbocycles. The highest BCUT2D eigenvalue weighted by atomic mass is 16.3. The fourth-order valence-electron chi connectivity index (χ4n) is 5.84. The van der Waals surface area contributed by atoms with Crippen LogP contribution in [-0.4, -0.2) is 0 Å². The van der Waals surface area contributed by atoms with Crippen LogP contribution in [0.4, 0.5) is 0 Å². The Morgan fingerprint density at radius 2 is 0.975 bits per heavy atom. The molecule has 0 bridgehead atoms. The van der Waals surface area contributed by atoms with E-state index in [1.165, 1.54) is 0 Å². The van der Waals surface area contributed by atoms with Crippen molar-refractivity contribution < 1.29 is 8.83 Å². The van der Waals surface area contributed by atoms with E-state index >= 15 is 0 Å². The molecule has 0 atom stereocenters. The first-order valence-corrected chi connectivity index (χ1v) is 13.2. The summed E-state index contributed by atoms with van der Waals surface area (Å²) in [7, 11) is 0. The second kappa shape index (κ2) is 8.73. The SMILES string of the molecule is N#Cc1cc(-c2ccc3oc4ccccc4c3c2)cc(-c2ccccc2)c1-c1ccc2oc3ccccc3c2c1. The molecular weight excluding hydrogens is 490 g/mol. The summed E-state index contributed by atoms with van der Waals surface area (Å²) in [5, 5.41) is 14.7. The van der Waals surface area contributed by atoms with Crippen LogP contribution in [0.15, 0.2) is 136 Å². The van der Waals surface area contributed by atoms with E-state index in [2.05, 4.69) is 60.7 Å². The molecule has 2 heterocycles. The van der Waals surface area contributed by atoms with Crippen molar-refractivity contribution >= 4 is 43.9 Å². The lowest BCUT2D eigenvalue weighted by Crippen LogP contribution is -1.93. The second-order valence-electron chi connectivity index (χ2n) is 10.0. The van der Waals surface area contributed by atoms with Gasteiger partial charge in [-0.2, -0.15) is 5.26 Å². The van der Waals surface area contributed by atoms with Gasteiger partial charge in [0.25, 0.3) is 0 Å². The van der Waals surface area contributed by atoms with Crippen molar-refractivity contribution in [1.82, 2.24) is 0 Å². The second-order valence-corrected chi connectivity index (χ2v) is 10.0. The highest BCUT2D eigenvalue weighted by molar-refractivity contribution is 6.08. The van der Waals surface area contributed by atoms with Crippen LogP contribution in [0.25, 0.3) is 77.3 Å². The number of fused-ring (bicyclic) bond motifs is 6. The maximum Gasteiger partial charge on any atom is 0.135 e. The summed E-state index contributed by atoms with van der Waals surface area (Å²) >= 11 is 0. The van der Waals surface area contributed by atoms with Crippen molar-refractivity contribution in [2.75, 3.05) is 0 Å². The van der Waals surface area contributed by atoms with Gasteiger partial charge in [0.1, 0.15) is 22.3 Å². The molecule has 0 radical (unpaired) electrons. The zero-order chi connectivity index (χ0) is 26.6. The zero-order valence-electron chi connectivity index (χ0n) is 21.4. The number of rotatable bonds is 3. The van der Waals surface area contributed by atoms with Crippen LogP contribution in [0.1, 0.15) is 5.56 Å². The maximum atomic E-state index is 10.5. The van der Waals surface area contributed by atoms with Crippen LogP contribution in [0.5, 0.6) is 0 Å². The van der Waals surface area contributed by atoms with Crippen molar-refractivity contribution in [2.24, 2.45) is 0 Å². The van der Waals surface area contributed by atoms with Crippen molar-refractivity contribution in [3.05, 3.63) is 133 Å². The van der Waals surface area contributed by atoms with Gasteiger partial charge in [-0.1, -0.05) is 78.9 Å². The molecule has 3 nitrogen and oxygen atoms in total. The van der Waals surface area contributed by atoms with Crippen LogP contribution in [0.2, 0.25) is 0 Å². The van der Waals surface area contributed by atoms with Gasteiger partial charge in [-0.25, -0.2) is 0 Å². The molecule has 0 aliphatic carbocycles. The lowest BCUT2D eigenvalue weighted by atomic mass is 9.87. The largest absolute Gasteiger partial charge is 0.456 e. The summed E-state index contributed by atoms with van der Waals surface area (Å²) < 4.78 is 12.1. The molecule has 8 aromatic rings. The van der Waals surface area contributed by atoms with E-state index in [4.69, 9.17) is 8.83 Å². The number of benzene rings is 6. The number of nitrogens with zero attached hydrogens (tertiary/aromatic N) is 1. The van der Waals surface area contributed by atoms with E-state index in [0.717, 1.165) is 77.3 Å². The average molecular weight is 512 g/mol. The molecule has 0 aliphatic heterocycles. The molecule has 0 spiro atoms. The molecule has 0 unspecified atom stereocenters. The fourth-order valence-corrected chi connectivity index (χ4v) is 5.84. The predicted octanol–water partition coefficient (Wildman–Crippen LogP) is 10.4. The standard InChI is InChI=1S/C37H21NO2/c38-22-27-18-26(24-14-16-35-31(19-24)28-10-4-6-12-33(28)39-35)21-30(23-8-2-1-3-9-23)37(27)25-15-17-36-32(20-25)29-11-5-7-13-34(29)40-36/h1-21H. The summed E-state index contributed by atoms with van der Waals surface area (Å²) in [6, 6.07) is 45.6. The highest BCUT2D eigenvalue weighted by Gasteiger charge is 2.18. The first-order valence-electron chi connectivity index (χ1n) is 13.2. The van der Waals surface area contributed by atoms with E-state index in [0.29, 0.717) is 5.56 Å². The van der Waals surface area contributed by atoms with E-state index in [1.807, 2.05) is 72.8 Å². The van der Waals surface area contributed by atoms with Gasteiger partial charge in [0.2, 0.25) is 0 Å². The average Bonchev–Trinajstić information content (AvgIpc) is 3.58. The van der Waals surface area contributed by atoms with E-state index < -0.39 is 0 Å². The monoisotopic (exact) mass is 511 g/mol. The molecule has 0 fully saturated rings. The molecule has 3 heteroatoms. The van der Waals surface area contributed by atoms with Gasteiger partial charge in [-0.3, -0.25) is 0 Å². The van der Waals surface area contributed by atoms with Gasteiger partial charge < -0.3 is 8.83 Å². The van der Waals surface area contributed by atoms with E-state index in [9.17, 15) is 5.26 Å². The maximum absolute atomic E-state index is 10.5. The third kappa shape index (κ3) is 3.44. The smallest absolute Gasteiger partial charge is 0.135 e. The fraction of sp³-hybridized carbons (Fsp3) is 0. The molecule has 0 aliphatic rings. The third-order valence-corrected chi connectivity index (χ3v) is 7.72. The molecule has 186 valence electrons. The van der Waals surface area contributed by atoms with Crippen molar-refractivity contribution in [1.29, 1.82) is 5.26 Å². The summed E-state index contributed by atoms with van der Waals surface area (Å²) in [5.41, 5.74) is 10.0. The Labute approximate surface area is 230 Å². The molecule has 0 saturated heterocycles. The molecule has 2 aromatic heterocycles. The highest BCUT2D eigenvalue weighted by Crippen LogP contribution is 2.41. The Balaban J connectivity index is 1.39. The van der Waals surface area contributed by atoms with Crippen LogP contribution in [0.3, 0.4) is 0 Å². The lowest BCUT2D eigenvalue weighted by molar-refractivity contribution is 0.668. The quantitative estimate of drug-likeness (QED) is 0.237. The number of hydrogen-bond acceptors (Lipinski definition) is 3. The Bertz CT molecular complexity index is 2280. The van der Waals surface area contributed by atoms with Gasteiger partial charge in [0.05, 0.1) is 11.6 Å². The molecular formula is C37H21NO2. The first kappa shape index (κ1) is 22.4. The van der Waals surface area contributed by atoms with Crippen LogP contribution in [0, 0.1) is 11.3 Å². The topological polar surface area (TPSA) is 50.1 Å². The Hall–Kier alpha value is -5.59. The van der Waals surface area contributed by atoms with Crippen molar-refractivity contribution in [3.63, 3.8) is 0 Å². The molecule has 0 N–H and O–H groups in total. The Kier molecular flexibility index (Phi) is 4.89. The minimum absolute atomic E-state index is 0.626. The van der Waals surface area contributed by atoms with Gasteiger partial charge in [-0.05, 0) is 76.3 Å². The van der Waals surface area contributed by atoms with Crippen molar-refractivity contribution in [3.8, 4) is 39.4 Å². The van der Waals surface area contributed by atoms with Crippen molar-refractivity contribution in [2.45, 2.75) is 0 Å². The predicted molar refractivity (Wildman–Crippen MR) is 162 cm³/mol. The Morgan fingerprint density at radius 1 is 0.425 bits per heavy atom. The van der Waals surface area contributed by atoms with Crippen LogP contribution < -0.4 is 0 Å². The van der Waals surface area contributed by atoms with Gasteiger partial charge in [0, 0.05) is 27.1 Å². The minimum atomic E-state index is 0.626. The molecule has 8 rings (SSSR count). The number of hydrogen-bond donors (Lipinski definition) is 0. The third-order valence-electron chi connectivity index (χ3n) is 7.72. The minimum Gasteiger partial charge on any atom is -0.456 e.